The number of halogens is 1. The van der Waals surface area contributed by atoms with Crippen LogP contribution in [-0.4, -0.2) is 32.4 Å². The molecule has 120 valence electrons. The van der Waals surface area contributed by atoms with Crippen LogP contribution in [0.3, 0.4) is 0 Å². The van der Waals surface area contributed by atoms with Crippen LogP contribution >= 0.6 is 15.9 Å². The van der Waals surface area contributed by atoms with Gasteiger partial charge in [0.05, 0.1) is 21.7 Å². The minimum atomic E-state index is -2.99. The number of carbonyl (C=O) groups excluding carboxylic acids is 1. The number of hydrogen-bond acceptors (Lipinski definition) is 4. The van der Waals surface area contributed by atoms with Crippen LogP contribution in [0.2, 0.25) is 0 Å². The molecule has 0 bridgehead atoms. The Balaban J connectivity index is 2.39. The number of aliphatic carboxylic acids is 1. The topological polar surface area (TPSA) is 96.7 Å². The lowest BCUT2D eigenvalue weighted by molar-refractivity contribution is -0.136. The number of benzene rings is 1. The maximum absolute atomic E-state index is 12.7. The zero-order valence-corrected chi connectivity index (χ0v) is 14.5. The molecule has 2 aromatic rings. The maximum Gasteiger partial charge on any atom is 0.307 e. The molecule has 2 rings (SSSR count). The van der Waals surface area contributed by atoms with E-state index in [0.717, 1.165) is 0 Å². The van der Waals surface area contributed by atoms with Gasteiger partial charge in [0.1, 0.15) is 0 Å². The Morgan fingerprint density at radius 2 is 2.04 bits per heavy atom. The minimum absolute atomic E-state index is 0.188. The van der Waals surface area contributed by atoms with Crippen LogP contribution < -0.4 is 0 Å². The van der Waals surface area contributed by atoms with Crippen LogP contribution in [-0.2, 0) is 20.9 Å². The van der Waals surface area contributed by atoms with Crippen molar-refractivity contribution in [1.29, 1.82) is 0 Å². The molecule has 1 amide bonds. The van der Waals surface area contributed by atoms with Gasteiger partial charge in [-0.3, -0.25) is 14.6 Å². The number of aromatic nitrogens is 1. The average molecular weight is 397 g/mol. The Hall–Kier alpha value is -2.06. The van der Waals surface area contributed by atoms with Gasteiger partial charge in [-0.15, -0.1) is 0 Å². The second-order valence-electron chi connectivity index (χ2n) is 4.81. The van der Waals surface area contributed by atoms with Crippen molar-refractivity contribution in [2.75, 3.05) is 6.26 Å². The zero-order chi connectivity index (χ0) is 17.0. The Labute approximate surface area is 141 Å². The van der Waals surface area contributed by atoms with Crippen molar-refractivity contribution in [3.05, 3.63) is 58.3 Å². The lowest BCUT2D eigenvalue weighted by atomic mass is 10.2. The number of pyridine rings is 1. The summed E-state index contributed by atoms with van der Waals surface area (Å²) in [5, 5.41) is 8.82. The van der Waals surface area contributed by atoms with E-state index in [2.05, 4.69) is 25.3 Å². The van der Waals surface area contributed by atoms with Crippen molar-refractivity contribution in [1.82, 2.24) is 4.98 Å². The fourth-order valence-corrected chi connectivity index (χ4v) is 3.45. The van der Waals surface area contributed by atoms with Gasteiger partial charge in [0.2, 0.25) is 0 Å². The van der Waals surface area contributed by atoms with Crippen molar-refractivity contribution in [3.8, 4) is 0 Å². The number of carboxylic acids is 1. The van der Waals surface area contributed by atoms with Crippen LogP contribution in [0.5, 0.6) is 0 Å². The van der Waals surface area contributed by atoms with Crippen molar-refractivity contribution in [3.63, 3.8) is 0 Å². The number of hydrogen-bond donors (Lipinski definition) is 1. The molecule has 0 aliphatic rings. The Morgan fingerprint density at radius 1 is 1.30 bits per heavy atom. The molecule has 0 aliphatic carbocycles. The van der Waals surface area contributed by atoms with E-state index < -0.39 is 21.6 Å². The van der Waals surface area contributed by atoms with Crippen LogP contribution in [0.4, 0.5) is 0 Å². The van der Waals surface area contributed by atoms with Gasteiger partial charge in [0.25, 0.3) is 5.91 Å². The van der Waals surface area contributed by atoms with Gasteiger partial charge >= 0.3 is 5.97 Å². The third-order valence-electron chi connectivity index (χ3n) is 2.90. The molecule has 0 radical (unpaired) electrons. The zero-order valence-electron chi connectivity index (χ0n) is 12.1. The molecule has 0 saturated carbocycles. The fraction of sp³-hybridized carbons (Fsp3) is 0.133. The summed E-state index contributed by atoms with van der Waals surface area (Å²) in [5.41, 5.74) is 0.715. The fourth-order valence-electron chi connectivity index (χ4n) is 1.86. The van der Waals surface area contributed by atoms with Crippen molar-refractivity contribution in [2.45, 2.75) is 11.3 Å². The van der Waals surface area contributed by atoms with Gasteiger partial charge in [-0.25, -0.2) is 4.21 Å². The Kier molecular flexibility index (Phi) is 5.27. The van der Waals surface area contributed by atoms with E-state index in [9.17, 15) is 13.8 Å². The normalized spacial score (nSPS) is 13.1. The van der Waals surface area contributed by atoms with Crippen LogP contribution in [0.15, 0.2) is 56.5 Å². The molecule has 1 aromatic carbocycles. The number of carbonyl (C=O) groups is 2. The molecule has 0 fully saturated rings. The first-order chi connectivity index (χ1) is 10.8. The summed E-state index contributed by atoms with van der Waals surface area (Å²) in [4.78, 5) is 27.1. The Morgan fingerprint density at radius 3 is 2.70 bits per heavy atom. The maximum atomic E-state index is 12.7. The Bertz CT molecular complexity index is 889. The molecule has 1 unspecified atom stereocenters. The molecule has 1 N–H and O–H groups in total. The smallest absolute Gasteiger partial charge is 0.307 e. The quantitative estimate of drug-likeness (QED) is 0.856. The highest BCUT2D eigenvalue weighted by Gasteiger charge is 2.13. The first-order valence-electron chi connectivity index (χ1n) is 6.46. The molecule has 0 aliphatic heterocycles. The highest BCUT2D eigenvalue weighted by molar-refractivity contribution is 9.10. The summed E-state index contributed by atoms with van der Waals surface area (Å²) in [5.74, 6) is -1.63. The van der Waals surface area contributed by atoms with E-state index in [1.54, 1.807) is 18.2 Å². The summed E-state index contributed by atoms with van der Waals surface area (Å²) in [6.07, 6.45) is 4.02. The summed E-state index contributed by atoms with van der Waals surface area (Å²) in [6, 6.07) is 7.80. The van der Waals surface area contributed by atoms with Crippen LogP contribution in [0, 0.1) is 0 Å². The van der Waals surface area contributed by atoms with E-state index >= 15 is 0 Å². The van der Waals surface area contributed by atoms with Gasteiger partial charge in [0.15, 0.2) is 0 Å². The number of nitrogens with zero attached hydrogens (tertiary/aromatic N) is 2. The van der Waals surface area contributed by atoms with Crippen molar-refractivity contribution in [2.24, 2.45) is 4.36 Å². The number of carboxylic acid groups (broad SMARTS) is 1. The third-order valence-corrected chi connectivity index (χ3v) is 4.98. The van der Waals surface area contributed by atoms with E-state index in [1.807, 2.05) is 0 Å². The van der Waals surface area contributed by atoms with E-state index in [4.69, 9.17) is 5.11 Å². The van der Waals surface area contributed by atoms with Crippen LogP contribution in [0.1, 0.15) is 15.9 Å². The first kappa shape index (κ1) is 17.3. The monoisotopic (exact) mass is 396 g/mol. The summed E-state index contributed by atoms with van der Waals surface area (Å²) in [7, 11) is -2.99. The van der Waals surface area contributed by atoms with Gasteiger partial charge in [0, 0.05) is 28.0 Å². The molecule has 1 atom stereocenters. The highest BCUT2D eigenvalue weighted by Crippen LogP contribution is 2.17. The van der Waals surface area contributed by atoms with E-state index in [-0.39, 0.29) is 12.0 Å². The number of amides is 1. The third kappa shape index (κ3) is 4.70. The SMILES string of the molecule is CS(=O)(=NC(=O)c1cncc(Br)c1)c1cccc(CC(=O)O)c1. The van der Waals surface area contributed by atoms with Crippen LogP contribution in [0.25, 0.3) is 0 Å². The predicted octanol–water partition coefficient (Wildman–Crippen LogP) is 2.77. The highest BCUT2D eigenvalue weighted by atomic mass is 79.9. The van der Waals surface area contributed by atoms with Gasteiger partial charge in [-0.1, -0.05) is 12.1 Å². The molecule has 0 saturated heterocycles. The molecule has 8 heteroatoms. The molecular weight excluding hydrogens is 384 g/mol. The summed E-state index contributed by atoms with van der Waals surface area (Å²) >= 11 is 3.20. The van der Waals surface area contributed by atoms with Gasteiger partial charge in [-0.05, 0) is 39.7 Å². The summed E-state index contributed by atoms with van der Waals surface area (Å²) < 4.78 is 17.1. The molecule has 6 nitrogen and oxygen atoms in total. The molecule has 1 heterocycles. The molecular formula is C15H13BrN2O4S. The molecule has 1 aromatic heterocycles. The van der Waals surface area contributed by atoms with Gasteiger partial charge < -0.3 is 5.11 Å². The standard InChI is InChI=1S/C15H13BrN2O4S/c1-23(22,13-4-2-3-10(5-13)6-14(19)20)18-15(21)11-7-12(16)9-17-8-11/h2-5,7-9H,6H2,1H3,(H,19,20). The van der Waals surface area contributed by atoms with Crippen molar-refractivity contribution < 1.29 is 18.9 Å². The minimum Gasteiger partial charge on any atom is -0.481 e. The summed E-state index contributed by atoms with van der Waals surface area (Å²) in [6.45, 7) is 0. The first-order valence-corrected chi connectivity index (χ1v) is 9.17. The second-order valence-corrected chi connectivity index (χ2v) is 7.98. The van der Waals surface area contributed by atoms with Crippen molar-refractivity contribution >= 4 is 37.5 Å². The van der Waals surface area contributed by atoms with E-state index in [0.29, 0.717) is 14.9 Å². The average Bonchev–Trinajstić information content (AvgIpc) is 2.46. The largest absolute Gasteiger partial charge is 0.481 e. The second kappa shape index (κ2) is 7.01. The lowest BCUT2D eigenvalue weighted by Crippen LogP contribution is -2.06. The molecule has 23 heavy (non-hydrogen) atoms. The van der Waals surface area contributed by atoms with E-state index in [1.165, 1.54) is 30.8 Å². The lowest BCUT2D eigenvalue weighted by Gasteiger charge is -2.06. The van der Waals surface area contributed by atoms with Gasteiger partial charge in [-0.2, -0.15) is 4.36 Å². The number of rotatable bonds is 4. The molecule has 0 spiro atoms. The predicted molar refractivity (Wildman–Crippen MR) is 88.8 cm³/mol.